The van der Waals surface area contributed by atoms with Crippen LogP contribution in [0, 0.1) is 11.7 Å². The molecule has 0 bridgehead atoms. The van der Waals surface area contributed by atoms with E-state index in [2.05, 4.69) is 20.5 Å². The van der Waals surface area contributed by atoms with Crippen LogP contribution in [0.4, 0.5) is 17.6 Å². The van der Waals surface area contributed by atoms with Crippen molar-refractivity contribution in [2.75, 3.05) is 46.4 Å². The number of benzene rings is 1. The van der Waals surface area contributed by atoms with Gasteiger partial charge in [-0.3, -0.25) is 0 Å². The van der Waals surface area contributed by atoms with Crippen LogP contribution in [-0.4, -0.2) is 57.3 Å². The minimum Gasteiger partial charge on any atom is -0.383 e. The van der Waals surface area contributed by atoms with Crippen LogP contribution in [0.1, 0.15) is 30.9 Å². The normalized spacial score (nSPS) is 16.3. The molecule has 1 aliphatic rings. The van der Waals surface area contributed by atoms with Gasteiger partial charge in [-0.25, -0.2) is 9.38 Å². The van der Waals surface area contributed by atoms with Crippen molar-refractivity contribution in [1.82, 2.24) is 15.5 Å². The maximum atomic E-state index is 13.2. The Balaban J connectivity index is 0.00000450. The van der Waals surface area contributed by atoms with Gasteiger partial charge >= 0.3 is 6.18 Å². The second kappa shape index (κ2) is 13.3. The van der Waals surface area contributed by atoms with E-state index in [0.717, 1.165) is 51.2 Å². The molecule has 0 atom stereocenters. The highest BCUT2D eigenvalue weighted by molar-refractivity contribution is 14.0. The number of alkyl halides is 3. The lowest BCUT2D eigenvalue weighted by molar-refractivity contribution is -0.138. The highest BCUT2D eigenvalue weighted by Crippen LogP contribution is 2.32. The van der Waals surface area contributed by atoms with E-state index in [1.54, 1.807) is 7.11 Å². The summed E-state index contributed by atoms with van der Waals surface area (Å²) in [6.45, 7) is 6.69. The summed E-state index contributed by atoms with van der Waals surface area (Å²) in [5, 5.41) is 6.28. The molecule has 0 saturated carbocycles. The van der Waals surface area contributed by atoms with E-state index in [1.807, 2.05) is 6.92 Å². The molecule has 2 rings (SSSR count). The van der Waals surface area contributed by atoms with Crippen molar-refractivity contribution >= 4 is 29.9 Å². The van der Waals surface area contributed by atoms with Gasteiger partial charge in [0.15, 0.2) is 5.96 Å². The molecule has 1 aliphatic heterocycles. The predicted octanol–water partition coefficient (Wildman–Crippen LogP) is 3.88. The van der Waals surface area contributed by atoms with Crippen LogP contribution in [-0.2, 0) is 17.5 Å². The molecule has 0 radical (unpaired) electrons. The SMILES string of the molecule is CCNC(=NCc1ccc(F)cc1C(F)(F)F)NCC1CCN(CCOC)CC1.I. The lowest BCUT2D eigenvalue weighted by Crippen LogP contribution is -2.43. The molecule has 1 saturated heterocycles. The first-order chi connectivity index (χ1) is 13.8. The molecule has 10 heteroatoms. The molecule has 5 nitrogen and oxygen atoms in total. The highest BCUT2D eigenvalue weighted by Gasteiger charge is 2.33. The van der Waals surface area contributed by atoms with Gasteiger partial charge in [0.2, 0.25) is 0 Å². The smallest absolute Gasteiger partial charge is 0.383 e. The zero-order chi connectivity index (χ0) is 21.3. The number of ether oxygens (including phenoxy) is 1. The second-order valence-corrected chi connectivity index (χ2v) is 7.15. The van der Waals surface area contributed by atoms with Gasteiger partial charge in [0, 0.05) is 26.7 Å². The largest absolute Gasteiger partial charge is 0.416 e. The third kappa shape index (κ3) is 8.93. The van der Waals surface area contributed by atoms with Gasteiger partial charge in [-0.05, 0) is 56.5 Å². The highest BCUT2D eigenvalue weighted by atomic mass is 127. The first-order valence-corrected chi connectivity index (χ1v) is 9.92. The van der Waals surface area contributed by atoms with Gasteiger partial charge < -0.3 is 20.3 Å². The third-order valence-electron chi connectivity index (χ3n) is 5.01. The van der Waals surface area contributed by atoms with Crippen LogP contribution in [0.5, 0.6) is 0 Å². The predicted molar refractivity (Wildman–Crippen MR) is 121 cm³/mol. The Hall–Kier alpha value is -1.14. The van der Waals surface area contributed by atoms with E-state index in [9.17, 15) is 17.6 Å². The van der Waals surface area contributed by atoms with Crippen LogP contribution < -0.4 is 10.6 Å². The molecule has 1 fully saturated rings. The number of nitrogens with one attached hydrogen (secondary N) is 2. The topological polar surface area (TPSA) is 48.9 Å². The molecule has 1 aromatic carbocycles. The number of aliphatic imine (C=N–C) groups is 1. The van der Waals surface area contributed by atoms with Crippen LogP contribution >= 0.6 is 24.0 Å². The summed E-state index contributed by atoms with van der Waals surface area (Å²) in [7, 11) is 1.70. The van der Waals surface area contributed by atoms with Crippen molar-refractivity contribution in [3.05, 3.63) is 35.1 Å². The van der Waals surface area contributed by atoms with Crippen molar-refractivity contribution in [2.24, 2.45) is 10.9 Å². The summed E-state index contributed by atoms with van der Waals surface area (Å²) in [4.78, 5) is 6.64. The number of halogens is 5. The van der Waals surface area contributed by atoms with Crippen LogP contribution in [0.2, 0.25) is 0 Å². The fraction of sp³-hybridized carbons (Fsp3) is 0.650. The fourth-order valence-electron chi connectivity index (χ4n) is 3.33. The number of rotatable bonds is 8. The van der Waals surface area contributed by atoms with Crippen molar-refractivity contribution in [2.45, 2.75) is 32.5 Å². The number of nitrogens with zero attached hydrogens (tertiary/aromatic N) is 2. The first-order valence-electron chi connectivity index (χ1n) is 9.92. The monoisotopic (exact) mass is 546 g/mol. The molecule has 0 aromatic heterocycles. The number of methoxy groups -OCH3 is 1. The average molecular weight is 546 g/mol. The van der Waals surface area contributed by atoms with Crippen LogP contribution in [0.3, 0.4) is 0 Å². The van der Waals surface area contributed by atoms with E-state index >= 15 is 0 Å². The van der Waals surface area contributed by atoms with Gasteiger partial charge in [-0.2, -0.15) is 13.2 Å². The number of piperidine rings is 1. The molecule has 0 aliphatic carbocycles. The molecule has 2 N–H and O–H groups in total. The Labute approximate surface area is 192 Å². The summed E-state index contributed by atoms with van der Waals surface area (Å²) < 4.78 is 57.8. The first kappa shape index (κ1) is 26.9. The van der Waals surface area contributed by atoms with Gasteiger partial charge in [0.05, 0.1) is 18.7 Å². The van der Waals surface area contributed by atoms with E-state index in [-0.39, 0.29) is 36.1 Å². The quantitative estimate of drug-likeness (QED) is 0.225. The Bertz CT molecular complexity index is 665. The number of guanidine groups is 1. The standard InChI is InChI=1S/C20H30F4N4O.HI/c1-3-25-19(26-13-15-6-8-28(9-7-15)10-11-29-2)27-14-16-4-5-17(21)12-18(16)20(22,23)24;/h4-5,12,15H,3,6-11,13-14H2,1-2H3,(H2,25,26,27);1H. The summed E-state index contributed by atoms with van der Waals surface area (Å²) >= 11 is 0. The maximum absolute atomic E-state index is 13.2. The number of hydrogen-bond donors (Lipinski definition) is 2. The fourth-order valence-corrected chi connectivity index (χ4v) is 3.33. The van der Waals surface area contributed by atoms with Crippen molar-refractivity contribution < 1.29 is 22.3 Å². The number of hydrogen-bond acceptors (Lipinski definition) is 3. The van der Waals surface area contributed by atoms with Crippen molar-refractivity contribution in [3.63, 3.8) is 0 Å². The van der Waals surface area contributed by atoms with E-state index in [4.69, 9.17) is 4.74 Å². The molecule has 30 heavy (non-hydrogen) atoms. The van der Waals surface area contributed by atoms with Crippen molar-refractivity contribution in [1.29, 1.82) is 0 Å². The Kier molecular flexibility index (Phi) is 11.9. The Morgan fingerprint density at radius 2 is 1.93 bits per heavy atom. The van der Waals surface area contributed by atoms with E-state index in [0.29, 0.717) is 31.0 Å². The van der Waals surface area contributed by atoms with Crippen LogP contribution in [0.15, 0.2) is 23.2 Å². The zero-order valence-electron chi connectivity index (χ0n) is 17.4. The summed E-state index contributed by atoms with van der Waals surface area (Å²) in [6.07, 6.45) is -2.52. The summed E-state index contributed by atoms with van der Waals surface area (Å²) in [6, 6.07) is 2.68. The Morgan fingerprint density at radius 1 is 1.23 bits per heavy atom. The van der Waals surface area contributed by atoms with E-state index in [1.165, 1.54) is 0 Å². The second-order valence-electron chi connectivity index (χ2n) is 7.15. The van der Waals surface area contributed by atoms with Gasteiger partial charge in [0.1, 0.15) is 5.82 Å². The van der Waals surface area contributed by atoms with Gasteiger partial charge in [-0.15, -0.1) is 24.0 Å². The molecule has 1 heterocycles. The zero-order valence-corrected chi connectivity index (χ0v) is 19.7. The van der Waals surface area contributed by atoms with Gasteiger partial charge in [0.25, 0.3) is 0 Å². The number of likely N-dealkylation sites (tertiary alicyclic amines) is 1. The lowest BCUT2D eigenvalue weighted by atomic mass is 9.97. The minimum atomic E-state index is -4.62. The summed E-state index contributed by atoms with van der Waals surface area (Å²) in [5.74, 6) is 0.0351. The molecule has 0 spiro atoms. The molecule has 0 unspecified atom stereocenters. The van der Waals surface area contributed by atoms with Crippen molar-refractivity contribution in [3.8, 4) is 0 Å². The molecular weight excluding hydrogens is 515 g/mol. The molecular formula is C20H31F4IN4O. The minimum absolute atomic E-state index is 0. The van der Waals surface area contributed by atoms with Crippen LogP contribution in [0.25, 0.3) is 0 Å². The molecule has 0 amide bonds. The lowest BCUT2D eigenvalue weighted by Gasteiger charge is -2.32. The summed E-state index contributed by atoms with van der Waals surface area (Å²) in [5.41, 5.74) is -1.04. The van der Waals surface area contributed by atoms with Gasteiger partial charge in [-0.1, -0.05) is 6.07 Å². The average Bonchev–Trinajstić information content (AvgIpc) is 2.69. The van der Waals surface area contributed by atoms with E-state index < -0.39 is 17.6 Å². The molecule has 172 valence electrons. The maximum Gasteiger partial charge on any atom is 0.416 e. The Morgan fingerprint density at radius 3 is 2.53 bits per heavy atom. The third-order valence-corrected chi connectivity index (χ3v) is 5.01. The molecule has 1 aromatic rings.